The maximum Gasteiger partial charge on any atom is 0.229 e. The van der Waals surface area contributed by atoms with E-state index in [1.165, 1.54) is 9.80 Å². The first kappa shape index (κ1) is 17.6. The molecule has 0 spiro atoms. The molecule has 4 amide bonds. The lowest BCUT2D eigenvalue weighted by atomic mass is 10.1. The van der Waals surface area contributed by atoms with E-state index in [0.29, 0.717) is 38.8 Å². The fourth-order valence-electron chi connectivity index (χ4n) is 3.18. The van der Waals surface area contributed by atoms with Crippen LogP contribution in [0.25, 0.3) is 0 Å². The molecule has 0 radical (unpaired) electrons. The molecule has 0 aromatic heterocycles. The average molecular weight is 322 g/mol. The summed E-state index contributed by atoms with van der Waals surface area (Å²) in [6.45, 7) is 1.16. The Hall–Kier alpha value is -1.72. The second kappa shape index (κ2) is 8.79. The number of carbonyl (C=O) groups excluding carboxylic acids is 4. The molecular weight excluding hydrogens is 296 g/mol. The van der Waals surface area contributed by atoms with Gasteiger partial charge in [-0.15, -0.1) is 0 Å². The van der Waals surface area contributed by atoms with Crippen LogP contribution in [0, 0.1) is 0 Å². The van der Waals surface area contributed by atoms with Crippen molar-refractivity contribution in [2.45, 2.75) is 70.6 Å². The monoisotopic (exact) mass is 322 g/mol. The largest absolute Gasteiger partial charge is 0.283 e. The normalized spacial score (nSPS) is 18.1. The van der Waals surface area contributed by atoms with Crippen molar-refractivity contribution in [3.63, 3.8) is 0 Å². The number of carbonyl (C=O) groups is 4. The molecule has 0 aromatic rings. The zero-order valence-electron chi connectivity index (χ0n) is 13.7. The number of likely N-dealkylation sites (tertiary alicyclic amines) is 2. The van der Waals surface area contributed by atoms with Crippen molar-refractivity contribution in [1.29, 1.82) is 0 Å². The van der Waals surface area contributed by atoms with Crippen molar-refractivity contribution in [3.8, 4) is 0 Å². The molecule has 128 valence electrons. The van der Waals surface area contributed by atoms with Gasteiger partial charge in [-0.05, 0) is 25.7 Å². The average Bonchev–Trinajstić information content (AvgIpc) is 3.14. The summed E-state index contributed by atoms with van der Waals surface area (Å²) in [6.07, 6.45) is 7.88. The van der Waals surface area contributed by atoms with E-state index in [0.717, 1.165) is 44.9 Å². The van der Waals surface area contributed by atoms with E-state index in [2.05, 4.69) is 0 Å². The maximum atomic E-state index is 11.8. The van der Waals surface area contributed by atoms with Gasteiger partial charge in [0.15, 0.2) is 0 Å². The van der Waals surface area contributed by atoms with Gasteiger partial charge in [-0.3, -0.25) is 29.0 Å². The lowest BCUT2D eigenvalue weighted by molar-refractivity contribution is -0.143. The first-order valence-corrected chi connectivity index (χ1v) is 8.76. The van der Waals surface area contributed by atoms with Crippen molar-refractivity contribution in [2.24, 2.45) is 0 Å². The van der Waals surface area contributed by atoms with Gasteiger partial charge in [0.05, 0.1) is 0 Å². The molecule has 2 aliphatic rings. The second-order valence-electron chi connectivity index (χ2n) is 6.35. The molecular formula is C17H26N2O4. The Kier molecular flexibility index (Phi) is 6.74. The van der Waals surface area contributed by atoms with E-state index in [4.69, 9.17) is 0 Å². The minimum Gasteiger partial charge on any atom is -0.283 e. The Morgan fingerprint density at radius 3 is 1.43 bits per heavy atom. The SMILES string of the molecule is O=C(CCCCCCCC(=O)N1CCCC1=O)N1CCCC1=O. The summed E-state index contributed by atoms with van der Waals surface area (Å²) < 4.78 is 0. The molecule has 0 atom stereocenters. The summed E-state index contributed by atoms with van der Waals surface area (Å²) in [5, 5.41) is 0. The van der Waals surface area contributed by atoms with Crippen LogP contribution in [-0.2, 0) is 19.2 Å². The quantitative estimate of drug-likeness (QED) is 0.641. The topological polar surface area (TPSA) is 74.8 Å². The van der Waals surface area contributed by atoms with Gasteiger partial charge in [-0.1, -0.05) is 19.3 Å². The predicted octanol–water partition coefficient (Wildman–Crippen LogP) is 2.02. The van der Waals surface area contributed by atoms with Crippen LogP contribution in [0.4, 0.5) is 0 Å². The van der Waals surface area contributed by atoms with Gasteiger partial charge in [0, 0.05) is 38.8 Å². The summed E-state index contributed by atoms with van der Waals surface area (Å²) in [4.78, 5) is 49.3. The molecule has 0 bridgehead atoms. The number of hydrogen-bond donors (Lipinski definition) is 0. The lowest BCUT2D eigenvalue weighted by Crippen LogP contribution is -2.31. The molecule has 0 unspecified atom stereocenters. The summed E-state index contributed by atoms with van der Waals surface area (Å²) >= 11 is 0. The van der Waals surface area contributed by atoms with Crippen LogP contribution >= 0.6 is 0 Å². The Bertz CT molecular complexity index is 433. The van der Waals surface area contributed by atoms with Gasteiger partial charge >= 0.3 is 0 Å². The standard InChI is InChI=1S/C17H26N2O4/c20-14(18-12-6-10-16(18)22)8-4-2-1-3-5-9-15(21)19-13-7-11-17(19)23/h1-13H2. The summed E-state index contributed by atoms with van der Waals surface area (Å²) in [5.41, 5.74) is 0. The second-order valence-corrected chi connectivity index (χ2v) is 6.35. The van der Waals surface area contributed by atoms with Gasteiger partial charge in [-0.25, -0.2) is 0 Å². The zero-order chi connectivity index (χ0) is 16.7. The highest BCUT2D eigenvalue weighted by Gasteiger charge is 2.26. The van der Waals surface area contributed by atoms with E-state index in [1.807, 2.05) is 0 Å². The van der Waals surface area contributed by atoms with E-state index in [1.54, 1.807) is 0 Å². The van der Waals surface area contributed by atoms with Gasteiger partial charge in [-0.2, -0.15) is 0 Å². The molecule has 2 fully saturated rings. The molecule has 23 heavy (non-hydrogen) atoms. The van der Waals surface area contributed by atoms with Crippen LogP contribution in [0.1, 0.15) is 70.6 Å². The van der Waals surface area contributed by atoms with Gasteiger partial charge in [0.2, 0.25) is 23.6 Å². The van der Waals surface area contributed by atoms with Crippen LogP contribution in [-0.4, -0.2) is 46.5 Å². The number of rotatable bonds is 8. The van der Waals surface area contributed by atoms with Crippen molar-refractivity contribution in [2.75, 3.05) is 13.1 Å². The van der Waals surface area contributed by atoms with Crippen molar-refractivity contribution in [3.05, 3.63) is 0 Å². The minimum atomic E-state index is -0.0461. The van der Waals surface area contributed by atoms with E-state index >= 15 is 0 Å². The molecule has 2 heterocycles. The fraction of sp³-hybridized carbons (Fsp3) is 0.765. The van der Waals surface area contributed by atoms with E-state index in [-0.39, 0.29) is 23.6 Å². The lowest BCUT2D eigenvalue weighted by Gasteiger charge is -2.13. The van der Waals surface area contributed by atoms with Crippen molar-refractivity contribution >= 4 is 23.6 Å². The van der Waals surface area contributed by atoms with Crippen LogP contribution < -0.4 is 0 Å². The van der Waals surface area contributed by atoms with Crippen LogP contribution in [0.3, 0.4) is 0 Å². The number of amides is 4. The fourth-order valence-corrected chi connectivity index (χ4v) is 3.18. The maximum absolute atomic E-state index is 11.8. The molecule has 0 N–H and O–H groups in total. The third-order valence-electron chi connectivity index (χ3n) is 4.53. The summed E-state index contributed by atoms with van der Waals surface area (Å²) in [5.74, 6) is -0.166. The van der Waals surface area contributed by atoms with Gasteiger partial charge in [0.25, 0.3) is 0 Å². The number of unbranched alkanes of at least 4 members (excludes halogenated alkanes) is 4. The van der Waals surface area contributed by atoms with Crippen LogP contribution in [0.2, 0.25) is 0 Å². The molecule has 6 nitrogen and oxygen atoms in total. The Morgan fingerprint density at radius 2 is 1.09 bits per heavy atom. The first-order valence-electron chi connectivity index (χ1n) is 8.76. The Balaban J connectivity index is 1.48. The molecule has 0 aliphatic carbocycles. The highest BCUT2D eigenvalue weighted by atomic mass is 16.2. The highest BCUT2D eigenvalue weighted by Crippen LogP contribution is 2.15. The summed E-state index contributed by atoms with van der Waals surface area (Å²) in [6, 6.07) is 0. The zero-order valence-corrected chi connectivity index (χ0v) is 13.7. The van der Waals surface area contributed by atoms with Gasteiger partial charge < -0.3 is 0 Å². The highest BCUT2D eigenvalue weighted by molar-refractivity contribution is 5.97. The minimum absolute atomic E-state index is 0.0371. The van der Waals surface area contributed by atoms with Crippen molar-refractivity contribution in [1.82, 2.24) is 9.80 Å². The van der Waals surface area contributed by atoms with Crippen LogP contribution in [0.5, 0.6) is 0 Å². The Labute approximate surface area is 137 Å². The number of nitrogens with zero attached hydrogens (tertiary/aromatic N) is 2. The molecule has 2 saturated heterocycles. The van der Waals surface area contributed by atoms with E-state index < -0.39 is 0 Å². The van der Waals surface area contributed by atoms with E-state index in [9.17, 15) is 19.2 Å². The Morgan fingerprint density at radius 1 is 0.696 bits per heavy atom. The summed E-state index contributed by atoms with van der Waals surface area (Å²) in [7, 11) is 0. The van der Waals surface area contributed by atoms with Crippen molar-refractivity contribution < 1.29 is 19.2 Å². The third-order valence-corrected chi connectivity index (χ3v) is 4.53. The van der Waals surface area contributed by atoms with Crippen LogP contribution in [0.15, 0.2) is 0 Å². The number of hydrogen-bond acceptors (Lipinski definition) is 4. The molecule has 6 heteroatoms. The first-order chi connectivity index (χ1) is 11.1. The van der Waals surface area contributed by atoms with Gasteiger partial charge in [0.1, 0.15) is 0 Å². The molecule has 0 saturated carbocycles. The number of imide groups is 2. The smallest absolute Gasteiger partial charge is 0.229 e. The third kappa shape index (κ3) is 5.15. The molecule has 0 aromatic carbocycles. The predicted molar refractivity (Wildman–Crippen MR) is 84.2 cm³/mol. The molecule has 2 aliphatic heterocycles. The molecule has 2 rings (SSSR count).